The fourth-order valence-electron chi connectivity index (χ4n) is 2.64. The molecule has 3 aromatic carbocycles. The zero-order valence-electron chi connectivity index (χ0n) is 18.4. The number of ether oxygens (including phenoxy) is 1. The molecule has 0 amide bonds. The molecule has 0 aliphatic heterocycles. The molecule has 4 nitrogen and oxygen atoms in total. The van der Waals surface area contributed by atoms with Crippen LogP contribution >= 0.6 is 11.9 Å². The lowest BCUT2D eigenvalue weighted by molar-refractivity contribution is -0.137. The molecule has 0 aromatic heterocycles. The van der Waals surface area contributed by atoms with Crippen molar-refractivity contribution >= 4 is 23.9 Å². The molecule has 0 bridgehead atoms. The lowest BCUT2D eigenvalue weighted by Crippen LogP contribution is -2.06. The molecule has 0 saturated carbocycles. The molecule has 0 aliphatic carbocycles. The van der Waals surface area contributed by atoms with Gasteiger partial charge in [-0.2, -0.15) is 13.2 Å². The van der Waals surface area contributed by atoms with Gasteiger partial charge >= 0.3 is 6.18 Å². The maximum absolute atomic E-state index is 12.8. The summed E-state index contributed by atoms with van der Waals surface area (Å²) in [6, 6.07) is 17.2. The number of nitrogens with one attached hydrogen (secondary N) is 1. The maximum atomic E-state index is 12.8. The van der Waals surface area contributed by atoms with Gasteiger partial charge in [0.15, 0.2) is 0 Å². The topological polar surface area (TPSA) is 64.3 Å². The number of carbonyl (C=O) groups excluding carboxylic acids is 1. The largest absolute Gasteiger partial charge is 0.495 e. The predicted molar refractivity (Wildman–Crippen MR) is 126 cm³/mol. The first-order valence-electron chi connectivity index (χ1n) is 9.78. The minimum atomic E-state index is -4.39. The first kappa shape index (κ1) is 27.1. The Morgan fingerprint density at radius 1 is 1.00 bits per heavy atom. The second-order valence-electron chi connectivity index (χ2n) is 6.02. The molecule has 32 heavy (non-hydrogen) atoms. The van der Waals surface area contributed by atoms with E-state index in [2.05, 4.69) is 5.32 Å². The van der Waals surface area contributed by atoms with Crippen molar-refractivity contribution in [2.24, 2.45) is 5.14 Å². The van der Waals surface area contributed by atoms with Gasteiger partial charge in [0.2, 0.25) is 0 Å². The van der Waals surface area contributed by atoms with Gasteiger partial charge in [-0.3, -0.25) is 9.93 Å². The standard InChI is InChI=1S/C14H9F3O.C8H12N2OS.C2H6/c15-14(16,17)13-4-2-1-3-12(13)11-7-5-10(9-18)6-8-11;1-10-6-3-4-8(12-9)7(5-6)11-2;1-2/h1-9H;3-5,10H,9H2,1-2H3;1-2H3. The molecule has 0 atom stereocenters. The summed E-state index contributed by atoms with van der Waals surface area (Å²) in [5, 5.41) is 8.46. The van der Waals surface area contributed by atoms with Crippen LogP contribution in [0.2, 0.25) is 0 Å². The quantitative estimate of drug-likeness (QED) is 0.317. The number of alkyl halides is 3. The zero-order chi connectivity index (χ0) is 24.1. The number of carbonyl (C=O) groups is 1. The molecular weight excluding hydrogens is 437 g/mol. The van der Waals surface area contributed by atoms with Crippen LogP contribution in [-0.4, -0.2) is 20.4 Å². The molecule has 0 saturated heterocycles. The molecule has 3 N–H and O–H groups in total. The monoisotopic (exact) mass is 464 g/mol. The van der Waals surface area contributed by atoms with Crippen molar-refractivity contribution in [2.75, 3.05) is 19.5 Å². The Morgan fingerprint density at radius 2 is 1.62 bits per heavy atom. The molecule has 8 heteroatoms. The van der Waals surface area contributed by atoms with Crippen molar-refractivity contribution < 1.29 is 22.7 Å². The summed E-state index contributed by atoms with van der Waals surface area (Å²) in [4.78, 5) is 11.4. The minimum Gasteiger partial charge on any atom is -0.495 e. The molecule has 3 aromatic rings. The van der Waals surface area contributed by atoms with E-state index in [1.54, 1.807) is 13.2 Å². The Kier molecular flexibility index (Phi) is 11.4. The van der Waals surface area contributed by atoms with Crippen LogP contribution in [-0.2, 0) is 6.18 Å². The summed E-state index contributed by atoms with van der Waals surface area (Å²) in [6.07, 6.45) is -3.74. The van der Waals surface area contributed by atoms with Crippen molar-refractivity contribution in [1.29, 1.82) is 0 Å². The number of methoxy groups -OCH3 is 1. The van der Waals surface area contributed by atoms with E-state index in [0.717, 1.165) is 22.4 Å². The summed E-state index contributed by atoms with van der Waals surface area (Å²) >= 11 is 1.19. The van der Waals surface area contributed by atoms with Crippen LogP contribution in [0, 0.1) is 0 Å². The number of hydrogen-bond acceptors (Lipinski definition) is 5. The lowest BCUT2D eigenvalue weighted by atomic mass is 9.98. The van der Waals surface area contributed by atoms with E-state index in [4.69, 9.17) is 9.88 Å². The normalized spacial score (nSPS) is 10.1. The molecule has 0 heterocycles. The van der Waals surface area contributed by atoms with Crippen LogP contribution in [0.15, 0.2) is 71.6 Å². The van der Waals surface area contributed by atoms with E-state index in [0.29, 0.717) is 17.4 Å². The van der Waals surface area contributed by atoms with Gasteiger partial charge in [0.05, 0.1) is 17.6 Å². The van der Waals surface area contributed by atoms with Crippen LogP contribution in [0.1, 0.15) is 29.8 Å². The number of nitrogens with two attached hydrogens (primary N) is 1. The highest BCUT2D eigenvalue weighted by atomic mass is 32.2. The zero-order valence-corrected chi connectivity index (χ0v) is 19.2. The van der Waals surface area contributed by atoms with Gasteiger partial charge < -0.3 is 10.1 Å². The Labute approximate surface area is 191 Å². The highest BCUT2D eigenvalue weighted by Gasteiger charge is 2.33. The van der Waals surface area contributed by atoms with Crippen LogP contribution in [0.25, 0.3) is 11.1 Å². The van der Waals surface area contributed by atoms with Gasteiger partial charge in [-0.15, -0.1) is 0 Å². The second-order valence-corrected chi connectivity index (χ2v) is 6.69. The van der Waals surface area contributed by atoms with Gasteiger partial charge in [0, 0.05) is 24.4 Å². The number of rotatable bonds is 5. The van der Waals surface area contributed by atoms with E-state index in [-0.39, 0.29) is 5.56 Å². The maximum Gasteiger partial charge on any atom is 0.417 e. The van der Waals surface area contributed by atoms with Gasteiger partial charge in [0.25, 0.3) is 0 Å². The molecular formula is C24H27F3N2O2S. The number of hydrogen-bond donors (Lipinski definition) is 2. The van der Waals surface area contributed by atoms with Crippen molar-refractivity contribution in [3.63, 3.8) is 0 Å². The number of aldehydes is 1. The average molecular weight is 465 g/mol. The SMILES string of the molecule is CC.CNc1ccc(SN)c(OC)c1.O=Cc1ccc(-c2ccccc2C(F)(F)F)cc1. The molecule has 0 aliphatic rings. The minimum absolute atomic E-state index is 0.113. The first-order chi connectivity index (χ1) is 15.3. The van der Waals surface area contributed by atoms with Crippen molar-refractivity contribution in [2.45, 2.75) is 24.9 Å². The first-order valence-corrected chi connectivity index (χ1v) is 10.7. The molecule has 0 fully saturated rings. The summed E-state index contributed by atoms with van der Waals surface area (Å²) in [7, 11) is 3.50. The van der Waals surface area contributed by atoms with Crippen LogP contribution in [0.5, 0.6) is 5.75 Å². The molecule has 0 spiro atoms. The van der Waals surface area contributed by atoms with E-state index in [9.17, 15) is 18.0 Å². The third-order valence-corrected chi connectivity index (χ3v) is 4.76. The van der Waals surface area contributed by atoms with E-state index in [1.165, 1.54) is 48.3 Å². The van der Waals surface area contributed by atoms with Crippen molar-refractivity contribution in [1.82, 2.24) is 0 Å². The number of anilines is 1. The van der Waals surface area contributed by atoms with E-state index < -0.39 is 11.7 Å². The highest BCUT2D eigenvalue weighted by Crippen LogP contribution is 2.36. The van der Waals surface area contributed by atoms with Crippen molar-refractivity contribution in [3.05, 3.63) is 77.9 Å². The van der Waals surface area contributed by atoms with Gasteiger partial charge in [-0.1, -0.05) is 56.3 Å². The summed E-state index contributed by atoms with van der Waals surface area (Å²) in [6.45, 7) is 4.00. The molecule has 172 valence electrons. The van der Waals surface area contributed by atoms with Crippen LogP contribution in [0.4, 0.5) is 18.9 Å². The van der Waals surface area contributed by atoms with E-state index in [1.807, 2.05) is 39.1 Å². The average Bonchev–Trinajstić information content (AvgIpc) is 2.84. The fraction of sp³-hybridized carbons (Fsp3) is 0.208. The Balaban J connectivity index is 0.000000318. The van der Waals surface area contributed by atoms with Gasteiger partial charge in [-0.25, -0.2) is 0 Å². The third-order valence-electron chi connectivity index (χ3n) is 4.17. The number of benzene rings is 3. The predicted octanol–water partition coefficient (Wildman–Crippen LogP) is 6.91. The number of halogens is 3. The van der Waals surface area contributed by atoms with Crippen LogP contribution in [0.3, 0.4) is 0 Å². The van der Waals surface area contributed by atoms with E-state index >= 15 is 0 Å². The highest BCUT2D eigenvalue weighted by molar-refractivity contribution is 7.97. The summed E-state index contributed by atoms with van der Waals surface area (Å²) in [5.41, 5.74) is 1.33. The third kappa shape index (κ3) is 7.62. The lowest BCUT2D eigenvalue weighted by Gasteiger charge is -2.12. The van der Waals surface area contributed by atoms with Crippen LogP contribution < -0.4 is 15.2 Å². The Hall–Kier alpha value is -2.97. The Bertz CT molecular complexity index is 978. The summed E-state index contributed by atoms with van der Waals surface area (Å²) < 4.78 is 43.6. The fourth-order valence-corrected chi connectivity index (χ4v) is 3.05. The second kappa shape index (κ2) is 13.4. The molecule has 0 unspecified atom stereocenters. The smallest absolute Gasteiger partial charge is 0.417 e. The Morgan fingerprint density at radius 3 is 2.12 bits per heavy atom. The van der Waals surface area contributed by atoms with Gasteiger partial charge in [0.1, 0.15) is 12.0 Å². The molecule has 0 radical (unpaired) electrons. The van der Waals surface area contributed by atoms with Crippen molar-refractivity contribution in [3.8, 4) is 16.9 Å². The summed E-state index contributed by atoms with van der Waals surface area (Å²) in [5.74, 6) is 0.800. The van der Waals surface area contributed by atoms with Gasteiger partial charge in [-0.05, 0) is 41.3 Å². The molecule has 3 rings (SSSR count).